The number of benzene rings is 1. The lowest BCUT2D eigenvalue weighted by atomic mass is 10.2. The summed E-state index contributed by atoms with van der Waals surface area (Å²) in [5.74, 6) is -4.23. The maximum Gasteiger partial charge on any atom is 0.426 e. The average Bonchev–Trinajstić information content (AvgIpc) is 2.37. The van der Waals surface area contributed by atoms with Crippen LogP contribution in [0.3, 0.4) is 0 Å². The number of ether oxygens (including phenoxy) is 2. The monoisotopic (exact) mass is 434 g/mol. The van der Waals surface area contributed by atoms with E-state index in [4.69, 9.17) is 9.29 Å². The van der Waals surface area contributed by atoms with E-state index in [9.17, 15) is 31.2 Å². The van der Waals surface area contributed by atoms with Crippen molar-refractivity contribution < 1.29 is 45.2 Å². The Hall–Kier alpha value is -1.66. The first-order chi connectivity index (χ1) is 10.8. The molecule has 1 aromatic rings. The van der Waals surface area contributed by atoms with Gasteiger partial charge in [-0.3, -0.25) is 9.35 Å². The summed E-state index contributed by atoms with van der Waals surface area (Å²) in [7, 11) is -5.04. The number of halogens is 4. The summed E-state index contributed by atoms with van der Waals surface area (Å²) in [5.41, 5.74) is -0.418. The molecule has 0 aromatic heterocycles. The molecule has 0 aliphatic carbocycles. The molecule has 24 heavy (non-hydrogen) atoms. The molecule has 1 aromatic carbocycles. The van der Waals surface area contributed by atoms with Crippen molar-refractivity contribution in [2.45, 2.75) is 19.2 Å². The highest BCUT2D eigenvalue weighted by Crippen LogP contribution is 2.28. The van der Waals surface area contributed by atoms with Crippen LogP contribution < -0.4 is 4.74 Å². The van der Waals surface area contributed by atoms with Gasteiger partial charge in [-0.15, -0.1) is 0 Å². The highest BCUT2D eigenvalue weighted by Gasteiger charge is 2.45. The third kappa shape index (κ3) is 6.45. The van der Waals surface area contributed by atoms with Crippen LogP contribution in [0.15, 0.2) is 22.7 Å². The van der Waals surface area contributed by atoms with Crippen LogP contribution in [0.2, 0.25) is 0 Å². The van der Waals surface area contributed by atoms with E-state index in [0.717, 1.165) is 19.1 Å². The zero-order valence-corrected chi connectivity index (χ0v) is 14.2. The number of alkyl halides is 3. The maximum atomic E-state index is 12.7. The Kier molecular flexibility index (Phi) is 6.36. The van der Waals surface area contributed by atoms with Gasteiger partial charge in [-0.05, 0) is 34.1 Å². The number of carbonyl (C=O) groups excluding carboxylic acids is 2. The lowest BCUT2D eigenvalue weighted by Gasteiger charge is -2.19. The minimum absolute atomic E-state index is 0.143. The molecule has 1 atom stereocenters. The van der Waals surface area contributed by atoms with Crippen LogP contribution in [0, 0.1) is 0 Å². The summed E-state index contributed by atoms with van der Waals surface area (Å²) in [4.78, 5) is 22.7. The number of carbonyl (C=O) groups is 2. The van der Waals surface area contributed by atoms with Crippen LogP contribution in [0.4, 0.5) is 13.2 Å². The van der Waals surface area contributed by atoms with E-state index in [1.54, 1.807) is 0 Å². The van der Waals surface area contributed by atoms with Gasteiger partial charge in [0.05, 0.1) is 10.0 Å². The summed E-state index contributed by atoms with van der Waals surface area (Å²) < 4.78 is 77.0. The Morgan fingerprint density at radius 1 is 1.33 bits per heavy atom. The molecular weight excluding hydrogens is 425 g/mol. The fraction of sp³-hybridized carbons (Fsp3) is 0.333. The van der Waals surface area contributed by atoms with E-state index in [1.165, 1.54) is 6.07 Å². The third-order valence-electron chi connectivity index (χ3n) is 2.40. The van der Waals surface area contributed by atoms with Crippen molar-refractivity contribution >= 4 is 38.0 Å². The molecule has 0 spiro atoms. The predicted octanol–water partition coefficient (Wildman–Crippen LogP) is 2.35. The van der Waals surface area contributed by atoms with Gasteiger partial charge in [0, 0.05) is 6.92 Å². The molecule has 0 heterocycles. The highest BCUT2D eigenvalue weighted by atomic mass is 79.9. The molecule has 0 saturated carbocycles. The van der Waals surface area contributed by atoms with Crippen molar-refractivity contribution in [2.75, 3.05) is 5.75 Å². The minimum atomic E-state index is -5.21. The zero-order valence-electron chi connectivity index (χ0n) is 11.8. The van der Waals surface area contributed by atoms with E-state index >= 15 is 0 Å². The van der Waals surface area contributed by atoms with E-state index in [0.29, 0.717) is 0 Å². The van der Waals surface area contributed by atoms with Gasteiger partial charge in [0.15, 0.2) is 0 Å². The maximum absolute atomic E-state index is 12.7. The first-order valence-corrected chi connectivity index (χ1v) is 8.40. The van der Waals surface area contributed by atoms with Crippen molar-refractivity contribution in [1.82, 2.24) is 0 Å². The Balaban J connectivity index is 3.05. The smallest absolute Gasteiger partial charge is 0.426 e. The van der Waals surface area contributed by atoms with Crippen molar-refractivity contribution in [3.8, 4) is 5.75 Å². The fourth-order valence-electron chi connectivity index (χ4n) is 1.45. The van der Waals surface area contributed by atoms with Crippen LogP contribution in [0.1, 0.15) is 17.3 Å². The summed E-state index contributed by atoms with van der Waals surface area (Å²) in [6.07, 6.45) is -8.26. The minimum Gasteiger partial charge on any atom is -0.448 e. The first kappa shape index (κ1) is 20.4. The first-order valence-electron chi connectivity index (χ1n) is 6.00. The molecule has 7 nitrogen and oxygen atoms in total. The Bertz CT molecular complexity index is 746. The van der Waals surface area contributed by atoms with Crippen molar-refractivity contribution in [3.05, 3.63) is 28.2 Å². The molecule has 0 fully saturated rings. The quantitative estimate of drug-likeness (QED) is 0.430. The molecule has 1 rings (SSSR count). The zero-order chi connectivity index (χ0) is 18.7. The molecule has 0 aliphatic rings. The molecule has 0 radical (unpaired) electrons. The number of hydrogen-bond donors (Lipinski definition) is 1. The van der Waals surface area contributed by atoms with Gasteiger partial charge in [0.25, 0.3) is 10.1 Å². The van der Waals surface area contributed by atoms with Crippen molar-refractivity contribution in [2.24, 2.45) is 0 Å². The molecule has 1 N–H and O–H groups in total. The Labute approximate surface area is 142 Å². The van der Waals surface area contributed by atoms with Gasteiger partial charge in [-0.25, -0.2) is 4.79 Å². The third-order valence-corrected chi connectivity index (χ3v) is 3.78. The summed E-state index contributed by atoms with van der Waals surface area (Å²) in [6, 6.07) is 3.23. The molecule has 0 aliphatic heterocycles. The average molecular weight is 435 g/mol. The van der Waals surface area contributed by atoms with Gasteiger partial charge >= 0.3 is 18.1 Å². The SMILES string of the molecule is CC(=O)Oc1cc(C(=O)OC(CS(=O)(=O)O)C(F)(F)F)ccc1Br. The van der Waals surface area contributed by atoms with E-state index in [1.807, 2.05) is 0 Å². The van der Waals surface area contributed by atoms with E-state index in [2.05, 4.69) is 20.7 Å². The molecule has 0 bridgehead atoms. The Morgan fingerprint density at radius 2 is 1.92 bits per heavy atom. The molecule has 134 valence electrons. The number of rotatable bonds is 5. The molecular formula is C12H10BrF3O7S. The molecule has 0 saturated heterocycles. The van der Waals surface area contributed by atoms with Crippen LogP contribution in [0.25, 0.3) is 0 Å². The lowest BCUT2D eigenvalue weighted by Crippen LogP contribution is -2.39. The van der Waals surface area contributed by atoms with Gasteiger partial charge in [0.1, 0.15) is 11.5 Å². The van der Waals surface area contributed by atoms with Crippen molar-refractivity contribution in [3.63, 3.8) is 0 Å². The van der Waals surface area contributed by atoms with Gasteiger partial charge in [-0.1, -0.05) is 0 Å². The molecule has 12 heteroatoms. The van der Waals surface area contributed by atoms with Gasteiger partial charge in [-0.2, -0.15) is 21.6 Å². The highest BCUT2D eigenvalue weighted by molar-refractivity contribution is 9.10. The summed E-state index contributed by atoms with van der Waals surface area (Å²) >= 11 is 3.01. The number of hydrogen-bond acceptors (Lipinski definition) is 6. The second-order valence-electron chi connectivity index (χ2n) is 4.42. The van der Waals surface area contributed by atoms with Crippen LogP contribution in [-0.4, -0.2) is 42.9 Å². The van der Waals surface area contributed by atoms with E-state index in [-0.39, 0.29) is 10.2 Å². The Morgan fingerprint density at radius 3 is 2.38 bits per heavy atom. The topological polar surface area (TPSA) is 107 Å². The predicted molar refractivity (Wildman–Crippen MR) is 77.1 cm³/mol. The van der Waals surface area contributed by atoms with Gasteiger partial charge in [0.2, 0.25) is 6.10 Å². The normalized spacial score (nSPS) is 13.2. The van der Waals surface area contributed by atoms with E-state index < -0.39 is 45.7 Å². The second-order valence-corrected chi connectivity index (χ2v) is 6.77. The van der Waals surface area contributed by atoms with Crippen LogP contribution >= 0.6 is 15.9 Å². The largest absolute Gasteiger partial charge is 0.448 e. The number of esters is 2. The second kappa shape index (κ2) is 7.49. The molecule has 0 amide bonds. The van der Waals surface area contributed by atoms with Crippen LogP contribution in [-0.2, 0) is 19.6 Å². The van der Waals surface area contributed by atoms with Crippen LogP contribution in [0.5, 0.6) is 5.75 Å². The van der Waals surface area contributed by atoms with Crippen molar-refractivity contribution in [1.29, 1.82) is 0 Å². The molecule has 1 unspecified atom stereocenters. The van der Waals surface area contributed by atoms with Gasteiger partial charge < -0.3 is 9.47 Å². The summed E-state index contributed by atoms with van der Waals surface area (Å²) in [6.45, 7) is 1.07. The lowest BCUT2D eigenvalue weighted by molar-refractivity contribution is -0.197. The standard InChI is InChI=1S/C12H10BrF3O7S/c1-6(17)22-9-4-7(2-3-8(9)13)11(18)23-10(12(14,15)16)5-24(19,20)21/h2-4,10H,5H2,1H3,(H,19,20,21). The fourth-order valence-corrected chi connectivity index (χ4v) is 2.41. The summed E-state index contributed by atoms with van der Waals surface area (Å²) in [5, 5.41) is 0.